The first-order valence-corrected chi connectivity index (χ1v) is 5.32. The molecule has 0 bridgehead atoms. The van der Waals surface area contributed by atoms with Crippen molar-refractivity contribution in [3.63, 3.8) is 0 Å². The summed E-state index contributed by atoms with van der Waals surface area (Å²) in [6.45, 7) is 2.51. The fraction of sp³-hybridized carbons (Fsp3) is 0.364. The van der Waals surface area contributed by atoms with E-state index in [1.807, 2.05) is 0 Å². The molecule has 0 unspecified atom stereocenters. The summed E-state index contributed by atoms with van der Waals surface area (Å²) in [6.07, 6.45) is -4.91. The van der Waals surface area contributed by atoms with Gasteiger partial charge in [-0.05, 0) is 26.0 Å². The van der Waals surface area contributed by atoms with Gasteiger partial charge < -0.3 is 10.4 Å². The van der Waals surface area contributed by atoms with E-state index < -0.39 is 33.9 Å². The lowest BCUT2D eigenvalue weighted by Gasteiger charge is -2.23. The van der Waals surface area contributed by atoms with Crippen LogP contribution in [-0.2, 0) is 11.0 Å². The fourth-order valence-electron chi connectivity index (χ4n) is 1.41. The van der Waals surface area contributed by atoms with Gasteiger partial charge in [0.15, 0.2) is 0 Å². The summed E-state index contributed by atoms with van der Waals surface area (Å²) < 4.78 is 38.2. The number of halogens is 3. The van der Waals surface area contributed by atoms with E-state index in [9.17, 15) is 28.1 Å². The van der Waals surface area contributed by atoms with Gasteiger partial charge in [-0.2, -0.15) is 13.2 Å². The predicted molar refractivity (Wildman–Crippen MR) is 63.4 cm³/mol. The van der Waals surface area contributed by atoms with E-state index in [4.69, 9.17) is 5.11 Å². The molecule has 0 amide bonds. The monoisotopic (exact) mass is 292 g/mol. The normalized spacial score (nSPS) is 12.1. The minimum absolute atomic E-state index is 0.171. The predicted octanol–water partition coefficient (Wildman–Crippen LogP) is 2.89. The van der Waals surface area contributed by atoms with Crippen LogP contribution in [0, 0.1) is 10.1 Å². The number of anilines is 1. The van der Waals surface area contributed by atoms with Crippen molar-refractivity contribution in [1.29, 1.82) is 0 Å². The second kappa shape index (κ2) is 4.99. The fourth-order valence-corrected chi connectivity index (χ4v) is 1.41. The summed E-state index contributed by atoms with van der Waals surface area (Å²) in [4.78, 5) is 20.3. The molecular formula is C11H11F3N2O4. The van der Waals surface area contributed by atoms with Crippen LogP contribution >= 0.6 is 0 Å². The Labute approximate surface area is 111 Å². The van der Waals surface area contributed by atoms with Gasteiger partial charge in [0.2, 0.25) is 0 Å². The van der Waals surface area contributed by atoms with E-state index in [1.165, 1.54) is 13.8 Å². The van der Waals surface area contributed by atoms with Gasteiger partial charge in [0.1, 0.15) is 11.1 Å². The highest BCUT2D eigenvalue weighted by Gasteiger charge is 2.39. The Kier molecular flexibility index (Phi) is 3.92. The molecule has 0 aromatic heterocycles. The van der Waals surface area contributed by atoms with Crippen LogP contribution in [0.25, 0.3) is 0 Å². The molecule has 20 heavy (non-hydrogen) atoms. The number of hydrogen-bond acceptors (Lipinski definition) is 4. The van der Waals surface area contributed by atoms with E-state index in [0.717, 1.165) is 6.07 Å². The number of rotatable bonds is 4. The average molecular weight is 292 g/mol. The van der Waals surface area contributed by atoms with Crippen molar-refractivity contribution >= 4 is 17.3 Å². The molecule has 9 heteroatoms. The quantitative estimate of drug-likeness (QED) is 0.657. The Balaban J connectivity index is 3.27. The highest BCUT2D eigenvalue weighted by atomic mass is 19.4. The van der Waals surface area contributed by atoms with E-state index in [-0.39, 0.29) is 5.69 Å². The number of carboxylic acids is 1. The molecule has 110 valence electrons. The minimum Gasteiger partial charge on any atom is -0.480 e. The molecule has 1 rings (SSSR count). The van der Waals surface area contributed by atoms with Crippen LogP contribution in [-0.4, -0.2) is 21.5 Å². The zero-order chi connectivity index (χ0) is 15.7. The van der Waals surface area contributed by atoms with Gasteiger partial charge in [-0.3, -0.25) is 10.1 Å². The molecule has 0 fully saturated rings. The number of nitrogens with one attached hydrogen (secondary N) is 1. The number of nitro groups is 1. The number of aliphatic carboxylic acids is 1. The molecule has 0 spiro atoms. The van der Waals surface area contributed by atoms with Crippen LogP contribution in [0.4, 0.5) is 24.5 Å². The first-order chi connectivity index (χ1) is 8.95. The maximum Gasteiger partial charge on any atom is 0.423 e. The number of nitrogens with zero attached hydrogens (tertiary/aromatic N) is 1. The molecule has 0 saturated heterocycles. The standard InChI is InChI=1S/C11H11F3N2O4/c1-10(2,9(17)18)15-6-3-4-8(16(19)20)7(5-6)11(12,13)14/h3-5,15H,1-2H3,(H,17,18). The van der Waals surface area contributed by atoms with Crippen molar-refractivity contribution in [2.45, 2.75) is 25.6 Å². The van der Waals surface area contributed by atoms with Gasteiger partial charge in [-0.1, -0.05) is 0 Å². The van der Waals surface area contributed by atoms with Gasteiger partial charge in [-0.25, -0.2) is 4.79 Å². The zero-order valence-electron chi connectivity index (χ0n) is 10.5. The second-order valence-corrected chi connectivity index (χ2v) is 4.54. The van der Waals surface area contributed by atoms with Gasteiger partial charge in [0, 0.05) is 11.8 Å². The summed E-state index contributed by atoms with van der Waals surface area (Å²) >= 11 is 0. The molecular weight excluding hydrogens is 281 g/mol. The number of benzene rings is 1. The van der Waals surface area contributed by atoms with Crippen molar-refractivity contribution in [1.82, 2.24) is 0 Å². The Morgan fingerprint density at radius 1 is 1.35 bits per heavy atom. The summed E-state index contributed by atoms with van der Waals surface area (Å²) in [7, 11) is 0. The first-order valence-electron chi connectivity index (χ1n) is 5.32. The van der Waals surface area contributed by atoms with Crippen LogP contribution in [0.15, 0.2) is 18.2 Å². The smallest absolute Gasteiger partial charge is 0.423 e. The van der Waals surface area contributed by atoms with Crippen molar-refractivity contribution in [3.8, 4) is 0 Å². The molecule has 0 aliphatic heterocycles. The number of hydrogen-bond donors (Lipinski definition) is 2. The Bertz CT molecular complexity index is 555. The average Bonchev–Trinajstić information content (AvgIpc) is 2.26. The van der Waals surface area contributed by atoms with E-state index in [0.29, 0.717) is 12.1 Å². The highest BCUT2D eigenvalue weighted by Crippen LogP contribution is 2.37. The highest BCUT2D eigenvalue weighted by molar-refractivity contribution is 5.81. The van der Waals surface area contributed by atoms with E-state index in [1.54, 1.807) is 0 Å². The molecule has 1 aromatic carbocycles. The van der Waals surface area contributed by atoms with Gasteiger partial charge in [0.05, 0.1) is 4.92 Å². The third-order valence-corrected chi connectivity index (χ3v) is 2.49. The lowest BCUT2D eigenvalue weighted by molar-refractivity contribution is -0.388. The molecule has 0 saturated carbocycles. The topological polar surface area (TPSA) is 92.5 Å². The third-order valence-electron chi connectivity index (χ3n) is 2.49. The molecule has 0 atom stereocenters. The van der Waals surface area contributed by atoms with Crippen LogP contribution in [0.5, 0.6) is 0 Å². The second-order valence-electron chi connectivity index (χ2n) is 4.54. The van der Waals surface area contributed by atoms with Crippen LogP contribution in [0.2, 0.25) is 0 Å². The first kappa shape index (κ1) is 15.7. The number of carboxylic acid groups (broad SMARTS) is 1. The van der Waals surface area contributed by atoms with E-state index >= 15 is 0 Å². The Morgan fingerprint density at radius 3 is 2.30 bits per heavy atom. The molecule has 1 aromatic rings. The molecule has 0 heterocycles. The van der Waals surface area contributed by atoms with Crippen molar-refractivity contribution < 1.29 is 28.0 Å². The number of alkyl halides is 3. The molecule has 0 aliphatic rings. The van der Waals surface area contributed by atoms with Gasteiger partial charge in [0.25, 0.3) is 5.69 Å². The van der Waals surface area contributed by atoms with Crippen molar-refractivity contribution in [2.24, 2.45) is 0 Å². The van der Waals surface area contributed by atoms with Gasteiger partial charge in [-0.15, -0.1) is 0 Å². The zero-order valence-corrected chi connectivity index (χ0v) is 10.5. The molecule has 0 radical (unpaired) electrons. The van der Waals surface area contributed by atoms with Crippen LogP contribution < -0.4 is 5.32 Å². The molecule has 2 N–H and O–H groups in total. The van der Waals surface area contributed by atoms with Crippen molar-refractivity contribution in [2.75, 3.05) is 5.32 Å². The summed E-state index contributed by atoms with van der Waals surface area (Å²) in [5.74, 6) is -1.27. The number of nitro benzene ring substituents is 1. The van der Waals surface area contributed by atoms with Crippen LogP contribution in [0.3, 0.4) is 0 Å². The largest absolute Gasteiger partial charge is 0.480 e. The Hall–Kier alpha value is -2.32. The van der Waals surface area contributed by atoms with Crippen molar-refractivity contribution in [3.05, 3.63) is 33.9 Å². The lowest BCUT2D eigenvalue weighted by Crippen LogP contribution is -2.40. The maximum atomic E-state index is 12.7. The molecule has 6 nitrogen and oxygen atoms in total. The van der Waals surface area contributed by atoms with E-state index in [2.05, 4.69) is 5.32 Å². The summed E-state index contributed by atoms with van der Waals surface area (Å²) in [6, 6.07) is 2.23. The summed E-state index contributed by atoms with van der Waals surface area (Å²) in [5, 5.41) is 21.8. The van der Waals surface area contributed by atoms with Gasteiger partial charge >= 0.3 is 12.1 Å². The number of carbonyl (C=O) groups is 1. The third kappa shape index (κ3) is 3.37. The summed E-state index contributed by atoms with van der Waals surface area (Å²) in [5.41, 5.74) is -4.21. The maximum absolute atomic E-state index is 12.7. The van der Waals surface area contributed by atoms with Crippen LogP contribution in [0.1, 0.15) is 19.4 Å². The SMILES string of the molecule is CC(C)(Nc1ccc([N+](=O)[O-])c(C(F)(F)F)c1)C(=O)O. The molecule has 0 aliphatic carbocycles. The minimum atomic E-state index is -4.91. The Morgan fingerprint density at radius 2 is 1.90 bits per heavy atom. The lowest BCUT2D eigenvalue weighted by atomic mass is 10.0.